The van der Waals surface area contributed by atoms with E-state index >= 15 is 0 Å². The van der Waals surface area contributed by atoms with Crippen LogP contribution in [0, 0.1) is 0 Å². The maximum atomic E-state index is 5.49. The molecule has 3 N–H and O–H groups in total. The zero-order valence-electron chi connectivity index (χ0n) is 8.07. The number of aromatic amines is 1. The Hall–Kier alpha value is -1.62. The lowest BCUT2D eigenvalue weighted by Gasteiger charge is -2.17. The molecule has 0 aromatic carbocycles. The highest BCUT2D eigenvalue weighted by Gasteiger charge is 2.07. The van der Waals surface area contributed by atoms with Gasteiger partial charge in [0.2, 0.25) is 0 Å². The monoisotopic (exact) mass is 191 g/mol. The molecule has 0 aliphatic rings. The number of nitrogens with two attached hydrogens (primary N) is 1. The van der Waals surface area contributed by atoms with E-state index in [1.54, 1.807) is 6.33 Å². The number of rotatable bonds is 3. The van der Waals surface area contributed by atoms with E-state index in [9.17, 15) is 0 Å². The van der Waals surface area contributed by atoms with Crippen LogP contribution in [0.2, 0.25) is 0 Å². The van der Waals surface area contributed by atoms with E-state index in [1.807, 2.05) is 24.2 Å². The van der Waals surface area contributed by atoms with Crippen molar-refractivity contribution in [2.45, 2.75) is 0 Å². The van der Waals surface area contributed by atoms with E-state index in [0.717, 1.165) is 23.4 Å². The fraction of sp³-hybridized carbons (Fsp3) is 0.333. The second-order valence-electron chi connectivity index (χ2n) is 3.15. The summed E-state index contributed by atoms with van der Waals surface area (Å²) in [5.74, 6) is 0.918. The van der Waals surface area contributed by atoms with E-state index in [0.29, 0.717) is 6.54 Å². The SMILES string of the molecule is CN(CCN)c1ncnc2[nH]ccc12. The van der Waals surface area contributed by atoms with Gasteiger partial charge in [0.1, 0.15) is 17.8 Å². The van der Waals surface area contributed by atoms with E-state index in [-0.39, 0.29) is 0 Å². The van der Waals surface area contributed by atoms with Crippen LogP contribution in [0.15, 0.2) is 18.6 Å². The molecule has 0 aliphatic carbocycles. The summed E-state index contributed by atoms with van der Waals surface area (Å²) in [7, 11) is 1.97. The van der Waals surface area contributed by atoms with Crippen LogP contribution >= 0.6 is 0 Å². The molecule has 0 fully saturated rings. The van der Waals surface area contributed by atoms with Gasteiger partial charge in [-0.05, 0) is 6.07 Å². The first-order chi connectivity index (χ1) is 6.83. The molecule has 2 aromatic rings. The van der Waals surface area contributed by atoms with Gasteiger partial charge in [-0.1, -0.05) is 0 Å². The summed E-state index contributed by atoms with van der Waals surface area (Å²) in [5.41, 5.74) is 6.35. The number of hydrogen-bond acceptors (Lipinski definition) is 4. The van der Waals surface area contributed by atoms with Crippen LogP contribution in [0.3, 0.4) is 0 Å². The van der Waals surface area contributed by atoms with Crippen molar-refractivity contribution in [3.63, 3.8) is 0 Å². The molecule has 0 aliphatic heterocycles. The average molecular weight is 191 g/mol. The minimum atomic E-state index is 0.617. The van der Waals surface area contributed by atoms with E-state index in [4.69, 9.17) is 5.73 Å². The molecule has 5 heteroatoms. The Morgan fingerprint density at radius 1 is 1.50 bits per heavy atom. The average Bonchev–Trinajstić information content (AvgIpc) is 2.65. The predicted octanol–water partition coefficient (Wildman–Crippen LogP) is 0.353. The van der Waals surface area contributed by atoms with Crippen LogP contribution in [0.5, 0.6) is 0 Å². The molecular formula is C9H13N5. The minimum absolute atomic E-state index is 0.617. The number of H-pyrrole nitrogens is 1. The Morgan fingerprint density at radius 2 is 2.36 bits per heavy atom. The molecule has 2 aromatic heterocycles. The van der Waals surface area contributed by atoms with Gasteiger partial charge in [-0.3, -0.25) is 0 Å². The van der Waals surface area contributed by atoms with Crippen molar-refractivity contribution in [2.24, 2.45) is 5.73 Å². The van der Waals surface area contributed by atoms with Crippen LogP contribution in [-0.2, 0) is 0 Å². The fourth-order valence-corrected chi connectivity index (χ4v) is 1.46. The highest BCUT2D eigenvalue weighted by atomic mass is 15.2. The molecule has 74 valence electrons. The number of aromatic nitrogens is 3. The first-order valence-electron chi connectivity index (χ1n) is 4.52. The summed E-state index contributed by atoms with van der Waals surface area (Å²) in [4.78, 5) is 13.4. The van der Waals surface area contributed by atoms with Crippen molar-refractivity contribution in [3.8, 4) is 0 Å². The summed E-state index contributed by atoms with van der Waals surface area (Å²) in [6, 6.07) is 1.97. The molecule has 5 nitrogen and oxygen atoms in total. The Kier molecular flexibility index (Phi) is 2.32. The molecule has 2 rings (SSSR count). The van der Waals surface area contributed by atoms with Gasteiger partial charge in [0.05, 0.1) is 5.39 Å². The molecule has 0 spiro atoms. The molecule has 2 heterocycles. The number of anilines is 1. The second-order valence-corrected chi connectivity index (χ2v) is 3.15. The first-order valence-corrected chi connectivity index (χ1v) is 4.52. The van der Waals surface area contributed by atoms with Gasteiger partial charge in [0, 0.05) is 26.3 Å². The van der Waals surface area contributed by atoms with E-state index in [1.165, 1.54) is 0 Å². The molecule has 0 saturated heterocycles. The standard InChI is InChI=1S/C9H13N5/c1-14(5-3-10)9-7-2-4-11-8(7)12-6-13-9/h2,4,6H,3,5,10H2,1H3,(H,11,12,13). The Bertz CT molecular complexity index is 422. The summed E-state index contributed by atoms with van der Waals surface area (Å²) >= 11 is 0. The summed E-state index contributed by atoms with van der Waals surface area (Å²) in [6.07, 6.45) is 3.42. The molecule has 0 bridgehead atoms. The topological polar surface area (TPSA) is 70.8 Å². The fourth-order valence-electron chi connectivity index (χ4n) is 1.46. The van der Waals surface area contributed by atoms with Crippen LogP contribution in [-0.4, -0.2) is 35.1 Å². The van der Waals surface area contributed by atoms with Crippen molar-refractivity contribution >= 4 is 16.9 Å². The van der Waals surface area contributed by atoms with E-state index in [2.05, 4.69) is 15.0 Å². The van der Waals surface area contributed by atoms with Gasteiger partial charge in [0.15, 0.2) is 0 Å². The maximum Gasteiger partial charge on any atom is 0.142 e. The van der Waals surface area contributed by atoms with Crippen LogP contribution < -0.4 is 10.6 Å². The highest BCUT2D eigenvalue weighted by molar-refractivity contribution is 5.87. The largest absolute Gasteiger partial charge is 0.358 e. The van der Waals surface area contributed by atoms with E-state index < -0.39 is 0 Å². The lowest BCUT2D eigenvalue weighted by Crippen LogP contribution is -2.25. The smallest absolute Gasteiger partial charge is 0.142 e. The quantitative estimate of drug-likeness (QED) is 0.734. The van der Waals surface area contributed by atoms with Crippen LogP contribution in [0.1, 0.15) is 0 Å². The van der Waals surface area contributed by atoms with Gasteiger partial charge in [0.25, 0.3) is 0 Å². The number of nitrogens with zero attached hydrogens (tertiary/aromatic N) is 3. The lowest BCUT2D eigenvalue weighted by molar-refractivity contribution is 0.870. The molecule has 0 saturated carbocycles. The highest BCUT2D eigenvalue weighted by Crippen LogP contribution is 2.19. The third kappa shape index (κ3) is 1.42. The van der Waals surface area contributed by atoms with Gasteiger partial charge in [-0.15, -0.1) is 0 Å². The number of nitrogens with one attached hydrogen (secondary N) is 1. The van der Waals surface area contributed by atoms with Gasteiger partial charge < -0.3 is 15.6 Å². The Morgan fingerprint density at radius 3 is 3.14 bits per heavy atom. The first kappa shape index (κ1) is 8.96. The summed E-state index contributed by atoms with van der Waals surface area (Å²) in [6.45, 7) is 1.41. The minimum Gasteiger partial charge on any atom is -0.358 e. The number of hydrogen-bond donors (Lipinski definition) is 2. The van der Waals surface area contributed by atoms with Gasteiger partial charge in [-0.25, -0.2) is 9.97 Å². The molecule has 0 radical (unpaired) electrons. The second kappa shape index (κ2) is 3.63. The molecular weight excluding hydrogens is 178 g/mol. The van der Waals surface area contributed by atoms with Gasteiger partial charge >= 0.3 is 0 Å². The zero-order chi connectivity index (χ0) is 9.97. The normalized spacial score (nSPS) is 10.7. The van der Waals surface area contributed by atoms with Crippen molar-refractivity contribution in [3.05, 3.63) is 18.6 Å². The number of fused-ring (bicyclic) bond motifs is 1. The predicted molar refractivity (Wildman–Crippen MR) is 56.2 cm³/mol. The molecule has 0 atom stereocenters. The van der Waals surface area contributed by atoms with Gasteiger partial charge in [-0.2, -0.15) is 0 Å². The Balaban J connectivity index is 2.45. The van der Waals surface area contributed by atoms with Crippen LogP contribution in [0.25, 0.3) is 11.0 Å². The summed E-state index contributed by atoms with van der Waals surface area (Å²) in [5, 5.41) is 1.03. The maximum absolute atomic E-state index is 5.49. The van der Waals surface area contributed by atoms with Crippen molar-refractivity contribution in [1.82, 2.24) is 15.0 Å². The summed E-state index contributed by atoms with van der Waals surface area (Å²) < 4.78 is 0. The molecule has 0 unspecified atom stereocenters. The molecule has 0 amide bonds. The Labute approximate surface area is 82.0 Å². The van der Waals surface area contributed by atoms with Crippen molar-refractivity contribution in [1.29, 1.82) is 0 Å². The van der Waals surface area contributed by atoms with Crippen molar-refractivity contribution < 1.29 is 0 Å². The number of likely N-dealkylation sites (N-methyl/N-ethyl adjacent to an activating group) is 1. The third-order valence-corrected chi connectivity index (χ3v) is 2.16. The van der Waals surface area contributed by atoms with Crippen molar-refractivity contribution in [2.75, 3.05) is 25.0 Å². The zero-order valence-corrected chi connectivity index (χ0v) is 8.07. The van der Waals surface area contributed by atoms with Crippen LogP contribution in [0.4, 0.5) is 5.82 Å². The lowest BCUT2D eigenvalue weighted by atomic mass is 10.3. The molecule has 14 heavy (non-hydrogen) atoms. The third-order valence-electron chi connectivity index (χ3n) is 2.16.